The molecule has 1 amide bonds. The highest BCUT2D eigenvalue weighted by Gasteiger charge is 2.18. The first kappa shape index (κ1) is 45.9. The van der Waals surface area contributed by atoms with Gasteiger partial charge < -0.3 is 29.3 Å². The molecule has 0 saturated carbocycles. The Morgan fingerprint density at radius 1 is 0.500 bits per heavy atom. The molecule has 56 heavy (non-hydrogen) atoms. The third-order valence-electron chi connectivity index (χ3n) is 9.94. The molecule has 0 bridgehead atoms. The molecule has 9 heteroatoms. The van der Waals surface area contributed by atoms with E-state index in [-0.39, 0.29) is 30.0 Å². The summed E-state index contributed by atoms with van der Waals surface area (Å²) in [6.07, 6.45) is 22.3. The topological polar surface area (TPSA) is 123 Å². The Hall–Kier alpha value is -4.53. The summed E-state index contributed by atoms with van der Waals surface area (Å²) in [7, 11) is 0. The molecule has 0 aliphatic rings. The summed E-state index contributed by atoms with van der Waals surface area (Å²) >= 11 is 0. The van der Waals surface area contributed by atoms with Crippen LogP contribution < -0.4 is 19.1 Å². The SMILES string of the molecule is CCCCCCCCCCOc1cc(OCCCCCCCCCC)cc(OCCCCCC(=O)N(Cc2ccc(C(=O)O)cc2)c2cccc(C(=O)O)c2)c1. The van der Waals surface area contributed by atoms with Crippen molar-refractivity contribution in [2.24, 2.45) is 0 Å². The van der Waals surface area contributed by atoms with Crippen molar-refractivity contribution in [3.05, 3.63) is 83.4 Å². The van der Waals surface area contributed by atoms with Crippen LogP contribution in [-0.4, -0.2) is 47.9 Å². The number of hydrogen-bond acceptors (Lipinski definition) is 6. The molecular weight excluding hydrogens is 707 g/mol. The maximum atomic E-state index is 13.6. The van der Waals surface area contributed by atoms with Gasteiger partial charge in [-0.2, -0.15) is 0 Å². The van der Waals surface area contributed by atoms with Gasteiger partial charge in [-0.05, 0) is 68.0 Å². The lowest BCUT2D eigenvalue weighted by Gasteiger charge is -2.24. The summed E-state index contributed by atoms with van der Waals surface area (Å²) in [4.78, 5) is 38.1. The largest absolute Gasteiger partial charge is 0.493 e. The van der Waals surface area contributed by atoms with Crippen LogP contribution in [0, 0.1) is 0 Å². The first-order valence-electron chi connectivity index (χ1n) is 21.3. The van der Waals surface area contributed by atoms with Crippen LogP contribution in [0.2, 0.25) is 0 Å². The third kappa shape index (κ3) is 18.9. The average molecular weight is 774 g/mol. The molecule has 0 saturated heterocycles. The zero-order valence-electron chi connectivity index (χ0n) is 34.1. The summed E-state index contributed by atoms with van der Waals surface area (Å²) < 4.78 is 18.5. The first-order chi connectivity index (χ1) is 27.3. The molecule has 3 aromatic carbocycles. The van der Waals surface area contributed by atoms with E-state index in [2.05, 4.69) is 13.8 Å². The van der Waals surface area contributed by atoms with Gasteiger partial charge >= 0.3 is 11.9 Å². The molecule has 0 unspecified atom stereocenters. The van der Waals surface area contributed by atoms with Crippen molar-refractivity contribution in [2.75, 3.05) is 24.7 Å². The fraction of sp³-hybridized carbons (Fsp3) is 0.553. The maximum absolute atomic E-state index is 13.6. The van der Waals surface area contributed by atoms with Gasteiger partial charge in [0.1, 0.15) is 17.2 Å². The van der Waals surface area contributed by atoms with Gasteiger partial charge in [-0.25, -0.2) is 9.59 Å². The molecular formula is C47H67NO8. The number of unbranched alkanes of at least 4 members (excludes halogenated alkanes) is 16. The fourth-order valence-corrected chi connectivity index (χ4v) is 6.59. The van der Waals surface area contributed by atoms with Gasteiger partial charge in [0.25, 0.3) is 0 Å². The van der Waals surface area contributed by atoms with E-state index in [1.165, 1.54) is 114 Å². The van der Waals surface area contributed by atoms with Crippen LogP contribution in [-0.2, 0) is 11.3 Å². The minimum Gasteiger partial charge on any atom is -0.493 e. The highest BCUT2D eigenvalue weighted by molar-refractivity contribution is 5.95. The number of carboxylic acids is 2. The van der Waals surface area contributed by atoms with Crippen LogP contribution in [0.5, 0.6) is 17.2 Å². The summed E-state index contributed by atoms with van der Waals surface area (Å²) in [5.41, 5.74) is 1.46. The minimum atomic E-state index is -1.08. The quantitative estimate of drug-likeness (QED) is 0.0601. The van der Waals surface area contributed by atoms with E-state index in [1.807, 2.05) is 18.2 Å². The minimum absolute atomic E-state index is 0.0861. The van der Waals surface area contributed by atoms with Crippen LogP contribution in [0.4, 0.5) is 5.69 Å². The number of hydrogen-bond donors (Lipinski definition) is 2. The zero-order valence-corrected chi connectivity index (χ0v) is 34.1. The van der Waals surface area contributed by atoms with Gasteiger partial charge in [-0.15, -0.1) is 0 Å². The number of carbonyl (C=O) groups excluding carboxylic acids is 1. The number of ether oxygens (including phenoxy) is 3. The number of rotatable bonds is 32. The Morgan fingerprint density at radius 2 is 0.929 bits per heavy atom. The maximum Gasteiger partial charge on any atom is 0.335 e. The van der Waals surface area contributed by atoms with Gasteiger partial charge in [0.15, 0.2) is 0 Å². The lowest BCUT2D eigenvalue weighted by molar-refractivity contribution is -0.118. The predicted octanol–water partition coefficient (Wildman–Crippen LogP) is 12.3. The normalized spacial score (nSPS) is 11.0. The van der Waals surface area contributed by atoms with Crippen LogP contribution in [0.25, 0.3) is 0 Å². The van der Waals surface area contributed by atoms with E-state index in [0.29, 0.717) is 37.7 Å². The van der Waals surface area contributed by atoms with E-state index >= 15 is 0 Å². The number of anilines is 1. The Kier molecular flexibility index (Phi) is 22.9. The van der Waals surface area contributed by atoms with Crippen molar-refractivity contribution in [1.82, 2.24) is 0 Å². The van der Waals surface area contributed by atoms with Crippen molar-refractivity contribution in [2.45, 2.75) is 149 Å². The van der Waals surface area contributed by atoms with E-state index < -0.39 is 11.9 Å². The van der Waals surface area contributed by atoms with Crippen molar-refractivity contribution in [3.63, 3.8) is 0 Å². The second kappa shape index (κ2) is 28.0. The van der Waals surface area contributed by atoms with E-state index in [4.69, 9.17) is 14.2 Å². The van der Waals surface area contributed by atoms with Crippen molar-refractivity contribution < 1.29 is 38.8 Å². The van der Waals surface area contributed by atoms with Crippen molar-refractivity contribution >= 4 is 23.5 Å². The molecule has 3 rings (SSSR count). The average Bonchev–Trinajstić information content (AvgIpc) is 3.20. The summed E-state index contributed by atoms with van der Waals surface area (Å²) in [6.45, 7) is 6.48. The highest BCUT2D eigenvalue weighted by Crippen LogP contribution is 2.29. The molecule has 0 radical (unpaired) electrons. The second-order valence-electron chi connectivity index (χ2n) is 14.8. The van der Waals surface area contributed by atoms with Crippen molar-refractivity contribution in [1.29, 1.82) is 0 Å². The molecule has 0 aliphatic carbocycles. The van der Waals surface area contributed by atoms with Gasteiger partial charge in [0.2, 0.25) is 5.91 Å². The summed E-state index contributed by atoms with van der Waals surface area (Å²) in [5.74, 6) is -0.0269. The third-order valence-corrected chi connectivity index (χ3v) is 9.94. The van der Waals surface area contributed by atoms with Gasteiger partial charge in [0, 0.05) is 30.3 Å². The molecule has 2 N–H and O–H groups in total. The van der Waals surface area contributed by atoms with Gasteiger partial charge in [-0.3, -0.25) is 4.79 Å². The summed E-state index contributed by atoms with van der Waals surface area (Å²) in [6, 6.07) is 18.5. The Balaban J connectivity index is 1.51. The van der Waals surface area contributed by atoms with E-state index in [9.17, 15) is 24.6 Å². The van der Waals surface area contributed by atoms with E-state index in [0.717, 1.165) is 42.7 Å². The second-order valence-corrected chi connectivity index (χ2v) is 14.8. The Bertz CT molecular complexity index is 1520. The van der Waals surface area contributed by atoms with Crippen LogP contribution in [0.15, 0.2) is 66.7 Å². The van der Waals surface area contributed by atoms with Crippen LogP contribution in [0.1, 0.15) is 169 Å². The molecule has 3 aromatic rings. The standard InChI is InChI=1S/C47H67NO8/c1-3-5-7-9-11-13-15-19-30-54-42-34-43(55-31-20-16-14-12-10-8-6-4-2)36-44(35-42)56-32-21-17-18-25-45(49)48(41-24-22-23-40(33-41)47(52)53)37-38-26-28-39(29-27-38)46(50)51/h22-24,26-29,33-36H,3-21,25,30-32,37H2,1-2H3,(H,50,51)(H,52,53). The van der Waals surface area contributed by atoms with Gasteiger partial charge in [0.05, 0.1) is 37.5 Å². The first-order valence-corrected chi connectivity index (χ1v) is 21.3. The smallest absolute Gasteiger partial charge is 0.335 e. The van der Waals surface area contributed by atoms with Crippen molar-refractivity contribution in [3.8, 4) is 17.2 Å². The Labute approximate surface area is 335 Å². The highest BCUT2D eigenvalue weighted by atomic mass is 16.5. The molecule has 0 aliphatic heterocycles. The van der Waals surface area contributed by atoms with Gasteiger partial charge in [-0.1, -0.05) is 122 Å². The molecule has 0 aromatic heterocycles. The molecule has 0 atom stereocenters. The molecule has 9 nitrogen and oxygen atoms in total. The van der Waals surface area contributed by atoms with Crippen LogP contribution in [0.3, 0.4) is 0 Å². The zero-order chi connectivity index (χ0) is 40.2. The fourth-order valence-electron chi connectivity index (χ4n) is 6.59. The number of aromatic carboxylic acids is 2. The molecule has 0 heterocycles. The number of carbonyl (C=O) groups is 3. The lowest BCUT2D eigenvalue weighted by Crippen LogP contribution is -2.30. The Morgan fingerprint density at radius 3 is 1.38 bits per heavy atom. The molecule has 0 fully saturated rings. The predicted molar refractivity (Wildman–Crippen MR) is 225 cm³/mol. The lowest BCUT2D eigenvalue weighted by atomic mass is 10.1. The number of carboxylic acid groups (broad SMARTS) is 2. The van der Waals surface area contributed by atoms with E-state index in [1.54, 1.807) is 29.2 Å². The summed E-state index contributed by atoms with van der Waals surface area (Å²) in [5, 5.41) is 18.8. The molecule has 0 spiro atoms. The molecule has 308 valence electrons. The number of amides is 1. The number of nitrogens with zero attached hydrogens (tertiary/aromatic N) is 1. The monoisotopic (exact) mass is 773 g/mol. The van der Waals surface area contributed by atoms with Crippen LogP contribution >= 0.6 is 0 Å². The number of benzene rings is 3.